The molecule has 1 unspecified atom stereocenters. The Morgan fingerprint density at radius 2 is 1.67 bits per heavy atom. The highest BCUT2D eigenvalue weighted by Gasteiger charge is 2.26. The minimum absolute atomic E-state index is 0.105. The quantitative estimate of drug-likeness (QED) is 0.680. The van der Waals surface area contributed by atoms with E-state index in [-0.39, 0.29) is 24.1 Å². The Morgan fingerprint density at radius 1 is 1.11 bits per heavy atom. The van der Waals surface area contributed by atoms with E-state index in [9.17, 15) is 4.79 Å². The van der Waals surface area contributed by atoms with Crippen LogP contribution in [0.5, 0.6) is 0 Å². The maximum atomic E-state index is 11.5. The third kappa shape index (κ3) is 6.97. The lowest BCUT2D eigenvalue weighted by Crippen LogP contribution is -2.40. The zero-order valence-electron chi connectivity index (χ0n) is 12.6. The van der Waals surface area contributed by atoms with Gasteiger partial charge in [0, 0.05) is 6.61 Å². The fourth-order valence-corrected chi connectivity index (χ4v) is 1.60. The van der Waals surface area contributed by atoms with Crippen molar-refractivity contribution in [3.05, 3.63) is 0 Å². The van der Waals surface area contributed by atoms with Crippen LogP contribution in [0.3, 0.4) is 0 Å². The molecule has 0 bridgehead atoms. The fourth-order valence-electron chi connectivity index (χ4n) is 1.60. The van der Waals surface area contributed by atoms with Gasteiger partial charge in [-0.2, -0.15) is 0 Å². The molecule has 0 aliphatic heterocycles. The second-order valence-corrected chi connectivity index (χ2v) is 5.69. The van der Waals surface area contributed by atoms with E-state index >= 15 is 0 Å². The van der Waals surface area contributed by atoms with Crippen molar-refractivity contribution in [1.82, 2.24) is 0 Å². The molecule has 0 aliphatic rings. The lowest BCUT2D eigenvalue weighted by Gasteiger charge is -2.28. The average molecular weight is 259 g/mol. The van der Waals surface area contributed by atoms with Crippen LogP contribution in [0.25, 0.3) is 0 Å². The molecular weight excluding hydrogens is 230 g/mol. The van der Waals surface area contributed by atoms with E-state index in [1.54, 1.807) is 6.92 Å². The van der Waals surface area contributed by atoms with Crippen molar-refractivity contribution in [2.75, 3.05) is 6.61 Å². The van der Waals surface area contributed by atoms with Gasteiger partial charge in [0.2, 0.25) is 0 Å². The molecular formula is C14H29NO3. The summed E-state index contributed by atoms with van der Waals surface area (Å²) in [5.41, 5.74) is 5.51. The van der Waals surface area contributed by atoms with E-state index in [0.717, 1.165) is 6.42 Å². The van der Waals surface area contributed by atoms with E-state index in [2.05, 4.69) is 13.8 Å². The molecule has 18 heavy (non-hydrogen) atoms. The predicted octanol–water partition coefficient (Wildman–Crippen LogP) is 2.35. The number of carbonyl (C=O) groups is 1. The van der Waals surface area contributed by atoms with Gasteiger partial charge < -0.3 is 15.2 Å². The van der Waals surface area contributed by atoms with Gasteiger partial charge in [-0.05, 0) is 32.1 Å². The molecule has 2 N–H and O–H groups in total. The minimum Gasteiger partial charge on any atom is -0.458 e. The Balaban J connectivity index is 4.27. The van der Waals surface area contributed by atoms with Gasteiger partial charge in [-0.3, -0.25) is 4.79 Å². The molecule has 0 saturated carbocycles. The van der Waals surface area contributed by atoms with Gasteiger partial charge in [0.25, 0.3) is 0 Å². The van der Waals surface area contributed by atoms with Crippen molar-refractivity contribution in [3.8, 4) is 0 Å². The zero-order chi connectivity index (χ0) is 14.3. The summed E-state index contributed by atoms with van der Waals surface area (Å²) in [6.45, 7) is 12.6. The summed E-state index contributed by atoms with van der Waals surface area (Å²) in [7, 11) is 0. The molecule has 0 aromatic carbocycles. The Bertz CT molecular complexity index is 239. The molecule has 0 amide bonds. The number of esters is 1. The van der Waals surface area contributed by atoms with E-state index in [1.807, 2.05) is 20.8 Å². The van der Waals surface area contributed by atoms with Gasteiger partial charge in [0.15, 0.2) is 0 Å². The third-order valence-corrected chi connectivity index (χ3v) is 2.82. The molecule has 0 fully saturated rings. The predicted molar refractivity (Wildman–Crippen MR) is 73.2 cm³/mol. The lowest BCUT2D eigenvalue weighted by atomic mass is 10.0. The topological polar surface area (TPSA) is 61.5 Å². The molecule has 4 heteroatoms. The first-order valence-corrected chi connectivity index (χ1v) is 6.83. The highest BCUT2D eigenvalue weighted by atomic mass is 16.6. The largest absolute Gasteiger partial charge is 0.458 e. The van der Waals surface area contributed by atoms with Crippen LogP contribution in [0.15, 0.2) is 0 Å². The standard InChI is InChI=1S/C14H29NO3/c1-9(2)7-8-17-12(6)13(10(3)4)18-14(16)11(5)15/h9-13H,7-8,15H2,1-6H3/t11-,12-,13?/m0/s1. The number of hydrogen-bond donors (Lipinski definition) is 1. The van der Waals surface area contributed by atoms with Crippen molar-refractivity contribution in [2.24, 2.45) is 17.6 Å². The number of hydrogen-bond acceptors (Lipinski definition) is 4. The Labute approximate surface area is 111 Å². The van der Waals surface area contributed by atoms with E-state index in [4.69, 9.17) is 15.2 Å². The molecule has 108 valence electrons. The summed E-state index contributed by atoms with van der Waals surface area (Å²) in [4.78, 5) is 11.5. The van der Waals surface area contributed by atoms with Crippen LogP contribution in [0.1, 0.15) is 48.0 Å². The monoisotopic (exact) mass is 259 g/mol. The number of ether oxygens (including phenoxy) is 2. The molecule has 0 aromatic rings. The van der Waals surface area contributed by atoms with Crippen LogP contribution in [-0.2, 0) is 14.3 Å². The number of carbonyl (C=O) groups excluding carboxylic acids is 1. The van der Waals surface area contributed by atoms with Crippen molar-refractivity contribution in [3.63, 3.8) is 0 Å². The Morgan fingerprint density at radius 3 is 2.06 bits per heavy atom. The van der Waals surface area contributed by atoms with Gasteiger partial charge in [-0.15, -0.1) is 0 Å². The summed E-state index contributed by atoms with van der Waals surface area (Å²) in [6.07, 6.45) is 0.665. The van der Waals surface area contributed by atoms with Gasteiger partial charge in [0.1, 0.15) is 12.1 Å². The lowest BCUT2D eigenvalue weighted by molar-refractivity contribution is -0.162. The minimum atomic E-state index is -0.589. The van der Waals surface area contributed by atoms with Crippen LogP contribution in [-0.4, -0.2) is 30.8 Å². The highest BCUT2D eigenvalue weighted by molar-refractivity contribution is 5.75. The maximum Gasteiger partial charge on any atom is 0.322 e. The van der Waals surface area contributed by atoms with Crippen molar-refractivity contribution >= 4 is 5.97 Å². The van der Waals surface area contributed by atoms with Crippen molar-refractivity contribution in [1.29, 1.82) is 0 Å². The first-order chi connectivity index (χ1) is 8.25. The van der Waals surface area contributed by atoms with Crippen LogP contribution in [0.4, 0.5) is 0 Å². The SMILES string of the molecule is CC(C)CCO[C@@H](C)C(OC(=O)[C@H](C)N)C(C)C. The molecule has 3 atom stereocenters. The van der Waals surface area contributed by atoms with E-state index < -0.39 is 6.04 Å². The summed E-state index contributed by atoms with van der Waals surface area (Å²) < 4.78 is 11.1. The fraction of sp³-hybridized carbons (Fsp3) is 0.929. The maximum absolute atomic E-state index is 11.5. The van der Waals surface area contributed by atoms with E-state index in [1.165, 1.54) is 0 Å². The summed E-state index contributed by atoms with van der Waals surface area (Å²) in [5, 5.41) is 0. The van der Waals surface area contributed by atoms with Gasteiger partial charge >= 0.3 is 5.97 Å². The summed E-state index contributed by atoms with van der Waals surface area (Å²) in [5.74, 6) is 0.455. The van der Waals surface area contributed by atoms with Gasteiger partial charge in [-0.1, -0.05) is 27.7 Å². The third-order valence-electron chi connectivity index (χ3n) is 2.82. The Hall–Kier alpha value is -0.610. The van der Waals surface area contributed by atoms with Crippen molar-refractivity contribution in [2.45, 2.75) is 66.2 Å². The molecule has 0 saturated heterocycles. The number of nitrogens with two attached hydrogens (primary N) is 1. The molecule has 4 nitrogen and oxygen atoms in total. The van der Waals surface area contributed by atoms with Gasteiger partial charge in [0.05, 0.1) is 6.10 Å². The molecule has 0 radical (unpaired) electrons. The van der Waals surface area contributed by atoms with Crippen LogP contribution in [0.2, 0.25) is 0 Å². The zero-order valence-corrected chi connectivity index (χ0v) is 12.6. The van der Waals surface area contributed by atoms with Crippen LogP contribution in [0, 0.1) is 11.8 Å². The number of rotatable bonds is 8. The summed E-state index contributed by atoms with van der Waals surface area (Å²) in [6, 6.07) is -0.589. The van der Waals surface area contributed by atoms with Crippen LogP contribution < -0.4 is 5.73 Å². The second kappa shape index (κ2) is 8.48. The normalized spacial score (nSPS) is 16.7. The van der Waals surface area contributed by atoms with Crippen molar-refractivity contribution < 1.29 is 14.3 Å². The second-order valence-electron chi connectivity index (χ2n) is 5.69. The average Bonchev–Trinajstić information content (AvgIpc) is 2.23. The van der Waals surface area contributed by atoms with Gasteiger partial charge in [-0.25, -0.2) is 0 Å². The molecule has 0 heterocycles. The first kappa shape index (κ1) is 17.4. The Kier molecular flexibility index (Phi) is 8.20. The smallest absolute Gasteiger partial charge is 0.322 e. The molecule has 0 spiro atoms. The van der Waals surface area contributed by atoms with E-state index in [0.29, 0.717) is 12.5 Å². The summed E-state index contributed by atoms with van der Waals surface area (Å²) >= 11 is 0. The first-order valence-electron chi connectivity index (χ1n) is 6.83. The highest BCUT2D eigenvalue weighted by Crippen LogP contribution is 2.15. The molecule has 0 rings (SSSR count). The molecule has 0 aromatic heterocycles. The van der Waals surface area contributed by atoms with Crippen LogP contribution >= 0.6 is 0 Å². The molecule has 0 aliphatic carbocycles.